The molecular weight excluding hydrogens is 118 g/mol. The first kappa shape index (κ1) is 7.88. The molecule has 2 amide bonds. The topological polar surface area (TPSA) is 37.4 Å². The number of nitrogens with zero attached hydrogens (tertiary/aromatic N) is 1. The molecule has 0 rings (SSSR count). The first-order valence-electron chi connectivity index (χ1n) is 2.57. The van der Waals surface area contributed by atoms with Crippen LogP contribution in [0.4, 0.5) is 0 Å². The minimum atomic E-state index is -0.299. The van der Waals surface area contributed by atoms with Crippen LogP contribution < -0.4 is 0 Å². The van der Waals surface area contributed by atoms with Gasteiger partial charge in [-0.25, -0.2) is 0 Å². The van der Waals surface area contributed by atoms with Crippen molar-refractivity contribution < 1.29 is 9.59 Å². The molecule has 0 fully saturated rings. The first-order chi connectivity index (χ1) is 4.22. The smallest absolute Gasteiger partial charge is 0.252 e. The van der Waals surface area contributed by atoms with Crippen molar-refractivity contribution in [2.24, 2.45) is 0 Å². The Labute approximate surface area is 54.0 Å². The molecule has 0 radical (unpaired) electrons. The third kappa shape index (κ3) is 2.64. The van der Waals surface area contributed by atoms with Crippen LogP contribution in [0.15, 0.2) is 12.2 Å². The summed E-state index contributed by atoms with van der Waals surface area (Å²) in [6, 6.07) is 0. The van der Waals surface area contributed by atoms with Crippen LogP contribution in [-0.4, -0.2) is 24.3 Å². The van der Waals surface area contributed by atoms with Crippen LogP contribution in [0.3, 0.4) is 0 Å². The number of rotatable bonds is 2. The van der Waals surface area contributed by atoms with Crippen molar-refractivity contribution in [1.82, 2.24) is 4.90 Å². The van der Waals surface area contributed by atoms with Gasteiger partial charge in [-0.2, -0.15) is 0 Å². The molecule has 9 heavy (non-hydrogen) atoms. The molecule has 50 valence electrons. The maximum atomic E-state index is 10.6. The lowest BCUT2D eigenvalue weighted by Crippen LogP contribution is -2.22. The van der Waals surface area contributed by atoms with E-state index in [0.717, 1.165) is 4.90 Å². The summed E-state index contributed by atoms with van der Waals surface area (Å²) in [7, 11) is 1.41. The standard InChI is InChI=1S/C6H9NO2/c1-3-4-6(9)7(2)5-8/h3-5H,1-2H3. The minimum Gasteiger partial charge on any atom is -0.285 e. The Morgan fingerprint density at radius 3 is 2.44 bits per heavy atom. The first-order valence-corrected chi connectivity index (χ1v) is 2.57. The normalized spacial score (nSPS) is 9.56. The van der Waals surface area contributed by atoms with Gasteiger partial charge in [0.15, 0.2) is 0 Å². The van der Waals surface area contributed by atoms with Crippen LogP contribution in [-0.2, 0) is 9.59 Å². The van der Waals surface area contributed by atoms with E-state index in [1.54, 1.807) is 13.0 Å². The summed E-state index contributed by atoms with van der Waals surface area (Å²) >= 11 is 0. The number of carbonyl (C=O) groups is 2. The van der Waals surface area contributed by atoms with Crippen molar-refractivity contribution in [3.8, 4) is 0 Å². The molecule has 0 aromatic heterocycles. The van der Waals surface area contributed by atoms with Gasteiger partial charge in [-0.1, -0.05) is 6.08 Å². The van der Waals surface area contributed by atoms with Crippen molar-refractivity contribution in [3.05, 3.63) is 12.2 Å². The zero-order chi connectivity index (χ0) is 7.28. The maximum Gasteiger partial charge on any atom is 0.252 e. The molecule has 0 aliphatic carbocycles. The van der Waals surface area contributed by atoms with Crippen LogP contribution in [0, 0.1) is 0 Å². The van der Waals surface area contributed by atoms with Crippen molar-refractivity contribution in [2.75, 3.05) is 7.05 Å². The van der Waals surface area contributed by atoms with Crippen molar-refractivity contribution >= 4 is 12.3 Å². The van der Waals surface area contributed by atoms with Crippen LogP contribution in [0.25, 0.3) is 0 Å². The average Bonchev–Trinajstić information content (AvgIpc) is 1.87. The Morgan fingerprint density at radius 2 is 2.11 bits per heavy atom. The number of amides is 2. The van der Waals surface area contributed by atoms with E-state index in [0.29, 0.717) is 6.41 Å². The molecule has 0 aromatic rings. The number of likely N-dealkylation sites (N-methyl/N-ethyl adjacent to an activating group) is 1. The second-order valence-corrected chi connectivity index (χ2v) is 1.55. The Balaban J connectivity index is 3.87. The van der Waals surface area contributed by atoms with E-state index in [1.165, 1.54) is 13.1 Å². The highest BCUT2D eigenvalue weighted by Gasteiger charge is 1.98. The Morgan fingerprint density at radius 1 is 1.56 bits per heavy atom. The Hall–Kier alpha value is -1.12. The summed E-state index contributed by atoms with van der Waals surface area (Å²) in [6.45, 7) is 1.72. The lowest BCUT2D eigenvalue weighted by Gasteiger charge is -2.01. The molecule has 3 nitrogen and oxygen atoms in total. The summed E-state index contributed by atoms with van der Waals surface area (Å²) in [5.74, 6) is -0.299. The van der Waals surface area contributed by atoms with Gasteiger partial charge in [0, 0.05) is 7.05 Å². The lowest BCUT2D eigenvalue weighted by molar-refractivity contribution is -0.132. The van der Waals surface area contributed by atoms with Gasteiger partial charge in [0.05, 0.1) is 0 Å². The third-order valence-corrected chi connectivity index (χ3v) is 0.815. The van der Waals surface area contributed by atoms with Crippen molar-refractivity contribution in [2.45, 2.75) is 6.92 Å². The number of hydrogen-bond donors (Lipinski definition) is 0. The van der Waals surface area contributed by atoms with E-state index in [1.807, 2.05) is 0 Å². The molecule has 0 atom stereocenters. The number of imide groups is 1. The molecular formula is C6H9NO2. The molecule has 0 heterocycles. The van der Waals surface area contributed by atoms with E-state index < -0.39 is 0 Å². The lowest BCUT2D eigenvalue weighted by atomic mass is 10.5. The largest absolute Gasteiger partial charge is 0.285 e. The number of allylic oxidation sites excluding steroid dienone is 1. The molecule has 0 aromatic carbocycles. The van der Waals surface area contributed by atoms with E-state index in [4.69, 9.17) is 0 Å². The fourth-order valence-corrected chi connectivity index (χ4v) is 0.312. The molecule has 0 saturated carbocycles. The van der Waals surface area contributed by atoms with Crippen LogP contribution in [0.5, 0.6) is 0 Å². The summed E-state index contributed by atoms with van der Waals surface area (Å²) in [4.78, 5) is 21.4. The van der Waals surface area contributed by atoms with Gasteiger partial charge in [0.2, 0.25) is 6.41 Å². The number of carbonyl (C=O) groups excluding carboxylic acids is 2. The SMILES string of the molecule is CC=CC(=O)N(C)C=O. The predicted octanol–water partition coefficient (Wildman–Crippen LogP) is 0.177. The second kappa shape index (κ2) is 3.83. The van der Waals surface area contributed by atoms with Crippen molar-refractivity contribution in [1.29, 1.82) is 0 Å². The Kier molecular flexibility index (Phi) is 3.35. The van der Waals surface area contributed by atoms with Gasteiger partial charge in [-0.15, -0.1) is 0 Å². The van der Waals surface area contributed by atoms with Crippen LogP contribution in [0.2, 0.25) is 0 Å². The van der Waals surface area contributed by atoms with Crippen LogP contribution >= 0.6 is 0 Å². The Bertz CT molecular complexity index is 140. The van der Waals surface area contributed by atoms with E-state index in [-0.39, 0.29) is 5.91 Å². The molecule has 0 saturated heterocycles. The van der Waals surface area contributed by atoms with Gasteiger partial charge in [-0.3, -0.25) is 14.5 Å². The summed E-state index contributed by atoms with van der Waals surface area (Å²) in [5.41, 5.74) is 0. The third-order valence-electron chi connectivity index (χ3n) is 0.815. The predicted molar refractivity (Wildman–Crippen MR) is 33.6 cm³/mol. The zero-order valence-electron chi connectivity index (χ0n) is 5.50. The van der Waals surface area contributed by atoms with E-state index >= 15 is 0 Å². The van der Waals surface area contributed by atoms with Crippen LogP contribution in [0.1, 0.15) is 6.92 Å². The molecule has 0 aliphatic heterocycles. The summed E-state index contributed by atoms with van der Waals surface area (Å²) < 4.78 is 0. The minimum absolute atomic E-state index is 0.299. The monoisotopic (exact) mass is 127 g/mol. The highest BCUT2D eigenvalue weighted by atomic mass is 16.2. The van der Waals surface area contributed by atoms with Gasteiger partial charge < -0.3 is 0 Å². The number of hydrogen-bond acceptors (Lipinski definition) is 2. The maximum absolute atomic E-state index is 10.6. The molecule has 3 heteroatoms. The quantitative estimate of drug-likeness (QED) is 0.392. The molecule has 0 N–H and O–H groups in total. The summed E-state index contributed by atoms with van der Waals surface area (Å²) in [6.07, 6.45) is 3.39. The molecule has 0 aliphatic rings. The van der Waals surface area contributed by atoms with E-state index in [9.17, 15) is 9.59 Å². The highest BCUT2D eigenvalue weighted by molar-refractivity contribution is 5.94. The summed E-state index contributed by atoms with van der Waals surface area (Å²) in [5, 5.41) is 0. The zero-order valence-corrected chi connectivity index (χ0v) is 5.50. The fraction of sp³-hybridized carbons (Fsp3) is 0.333. The van der Waals surface area contributed by atoms with Gasteiger partial charge >= 0.3 is 0 Å². The molecule has 0 bridgehead atoms. The van der Waals surface area contributed by atoms with Gasteiger partial charge in [0.25, 0.3) is 5.91 Å². The molecule has 0 unspecified atom stereocenters. The van der Waals surface area contributed by atoms with Crippen molar-refractivity contribution in [3.63, 3.8) is 0 Å². The average molecular weight is 127 g/mol. The highest BCUT2D eigenvalue weighted by Crippen LogP contribution is 1.80. The fourth-order valence-electron chi connectivity index (χ4n) is 0.312. The second-order valence-electron chi connectivity index (χ2n) is 1.55. The van der Waals surface area contributed by atoms with E-state index in [2.05, 4.69) is 0 Å². The van der Waals surface area contributed by atoms with Gasteiger partial charge in [0.1, 0.15) is 0 Å². The van der Waals surface area contributed by atoms with Gasteiger partial charge in [-0.05, 0) is 13.0 Å². The molecule has 0 spiro atoms.